The standard InChI is InChI=1S/C26H27N7O2S/c1-36(34,35)12-11-27-10-9-21-14-23-24(16-28-21)29-18-30-26(23)32-22-7-8-25-20(13-22)15-31-33(25)17-19-5-3-2-4-6-19/h2-8,13-16,18,27H,9-12,17H2,1H3,(H,29,30,32). The fourth-order valence-electron chi connectivity index (χ4n) is 4.02. The second-order valence-electron chi connectivity index (χ2n) is 8.73. The number of fused-ring (bicyclic) bond motifs is 2. The largest absolute Gasteiger partial charge is 0.340 e. The third-order valence-corrected chi connectivity index (χ3v) is 6.81. The molecule has 5 aromatic rings. The van der Waals surface area contributed by atoms with Gasteiger partial charge >= 0.3 is 0 Å². The summed E-state index contributed by atoms with van der Waals surface area (Å²) in [4.78, 5) is 13.3. The van der Waals surface area contributed by atoms with E-state index in [1.807, 2.05) is 41.2 Å². The van der Waals surface area contributed by atoms with Gasteiger partial charge in [-0.3, -0.25) is 9.67 Å². The molecule has 0 aliphatic heterocycles. The van der Waals surface area contributed by atoms with Crippen molar-refractivity contribution in [3.63, 3.8) is 0 Å². The average Bonchev–Trinajstić information content (AvgIpc) is 3.26. The fraction of sp³-hybridized carbons (Fsp3) is 0.231. The molecule has 184 valence electrons. The molecule has 10 heteroatoms. The van der Waals surface area contributed by atoms with Crippen LogP contribution in [0.15, 0.2) is 73.3 Å². The molecular weight excluding hydrogens is 474 g/mol. The molecule has 5 rings (SSSR count). The third kappa shape index (κ3) is 5.84. The molecule has 0 atom stereocenters. The molecule has 0 fully saturated rings. The van der Waals surface area contributed by atoms with Crippen molar-refractivity contribution in [2.75, 3.05) is 30.4 Å². The smallest absolute Gasteiger partial charge is 0.148 e. The maximum Gasteiger partial charge on any atom is 0.148 e. The van der Waals surface area contributed by atoms with Crippen molar-refractivity contribution in [2.24, 2.45) is 0 Å². The highest BCUT2D eigenvalue weighted by Crippen LogP contribution is 2.26. The third-order valence-electron chi connectivity index (χ3n) is 5.87. The molecule has 0 radical (unpaired) electrons. The van der Waals surface area contributed by atoms with E-state index < -0.39 is 9.84 Å². The van der Waals surface area contributed by atoms with E-state index in [4.69, 9.17) is 0 Å². The van der Waals surface area contributed by atoms with Crippen LogP contribution in [0, 0.1) is 0 Å². The monoisotopic (exact) mass is 501 g/mol. The number of anilines is 2. The molecule has 0 spiro atoms. The molecule has 0 saturated heterocycles. The Labute approximate surface area is 209 Å². The molecule has 0 unspecified atom stereocenters. The van der Waals surface area contributed by atoms with Gasteiger partial charge in [0.15, 0.2) is 0 Å². The number of nitrogens with one attached hydrogen (secondary N) is 2. The SMILES string of the molecule is CS(=O)(=O)CCNCCc1cc2c(Nc3ccc4c(cnn4Cc4ccccc4)c3)ncnc2cn1. The summed E-state index contributed by atoms with van der Waals surface area (Å²) in [6, 6.07) is 18.4. The molecule has 3 heterocycles. The van der Waals surface area contributed by atoms with E-state index in [2.05, 4.69) is 54.9 Å². The van der Waals surface area contributed by atoms with Gasteiger partial charge in [-0.05, 0) is 29.8 Å². The topological polar surface area (TPSA) is 115 Å². The Morgan fingerprint density at radius 3 is 2.64 bits per heavy atom. The molecule has 0 aliphatic carbocycles. The lowest BCUT2D eigenvalue weighted by molar-refractivity contribution is 0.596. The summed E-state index contributed by atoms with van der Waals surface area (Å²) < 4.78 is 24.5. The lowest BCUT2D eigenvalue weighted by atomic mass is 10.2. The van der Waals surface area contributed by atoms with E-state index in [0.717, 1.165) is 33.2 Å². The summed E-state index contributed by atoms with van der Waals surface area (Å²) in [5.41, 5.74) is 4.80. The Balaban J connectivity index is 1.31. The van der Waals surface area contributed by atoms with Gasteiger partial charge in [-0.25, -0.2) is 18.4 Å². The van der Waals surface area contributed by atoms with Crippen LogP contribution in [0.3, 0.4) is 0 Å². The highest BCUT2D eigenvalue weighted by Gasteiger charge is 2.09. The van der Waals surface area contributed by atoms with Crippen LogP contribution in [0.5, 0.6) is 0 Å². The van der Waals surface area contributed by atoms with E-state index in [0.29, 0.717) is 31.9 Å². The fourth-order valence-corrected chi connectivity index (χ4v) is 4.54. The van der Waals surface area contributed by atoms with Crippen LogP contribution in [0.4, 0.5) is 11.5 Å². The molecular formula is C26H27N7O2S. The van der Waals surface area contributed by atoms with Crippen molar-refractivity contribution in [3.05, 3.63) is 84.6 Å². The first-order chi connectivity index (χ1) is 17.4. The lowest BCUT2D eigenvalue weighted by Gasteiger charge is -2.10. The number of benzene rings is 2. The molecule has 2 N–H and O–H groups in total. The normalized spacial score (nSPS) is 11.8. The second-order valence-corrected chi connectivity index (χ2v) is 11.0. The Bertz CT molecular complexity index is 1600. The molecule has 0 aliphatic rings. The van der Waals surface area contributed by atoms with Crippen LogP contribution in [-0.2, 0) is 22.8 Å². The van der Waals surface area contributed by atoms with Crippen LogP contribution < -0.4 is 10.6 Å². The number of hydrogen-bond acceptors (Lipinski definition) is 8. The Kier molecular flexibility index (Phi) is 6.88. The molecule has 0 amide bonds. The van der Waals surface area contributed by atoms with Crippen LogP contribution in [0.2, 0.25) is 0 Å². The zero-order valence-electron chi connectivity index (χ0n) is 19.9. The van der Waals surface area contributed by atoms with Gasteiger partial charge in [-0.1, -0.05) is 30.3 Å². The molecule has 9 nitrogen and oxygen atoms in total. The molecule has 2 aromatic carbocycles. The Morgan fingerprint density at radius 2 is 1.81 bits per heavy atom. The molecule has 36 heavy (non-hydrogen) atoms. The predicted octanol–water partition coefficient (Wildman–Crippen LogP) is 3.34. The van der Waals surface area contributed by atoms with Gasteiger partial charge in [0.2, 0.25) is 0 Å². The summed E-state index contributed by atoms with van der Waals surface area (Å²) in [5, 5.41) is 13.1. The Hall–Kier alpha value is -3.89. The van der Waals surface area contributed by atoms with Gasteiger partial charge in [0.1, 0.15) is 22.0 Å². The zero-order chi connectivity index (χ0) is 25.0. The van der Waals surface area contributed by atoms with E-state index in [-0.39, 0.29) is 5.75 Å². The number of nitrogens with zero attached hydrogens (tertiary/aromatic N) is 5. The average molecular weight is 502 g/mol. The molecule has 0 bridgehead atoms. The quantitative estimate of drug-likeness (QED) is 0.280. The summed E-state index contributed by atoms with van der Waals surface area (Å²) in [6.45, 7) is 1.77. The van der Waals surface area contributed by atoms with Crippen LogP contribution in [-0.4, -0.2) is 58.2 Å². The van der Waals surface area contributed by atoms with Gasteiger partial charge in [0.05, 0.1) is 35.7 Å². The first-order valence-corrected chi connectivity index (χ1v) is 13.8. The van der Waals surface area contributed by atoms with Crippen molar-refractivity contribution in [2.45, 2.75) is 13.0 Å². The van der Waals surface area contributed by atoms with E-state index in [1.54, 1.807) is 6.20 Å². The maximum atomic E-state index is 11.3. The van der Waals surface area contributed by atoms with Gasteiger partial charge < -0.3 is 10.6 Å². The first kappa shape index (κ1) is 23.8. The predicted molar refractivity (Wildman–Crippen MR) is 142 cm³/mol. The number of rotatable bonds is 10. The summed E-state index contributed by atoms with van der Waals surface area (Å²) >= 11 is 0. The highest BCUT2D eigenvalue weighted by atomic mass is 32.2. The number of sulfone groups is 1. The second kappa shape index (κ2) is 10.4. The van der Waals surface area contributed by atoms with Crippen molar-refractivity contribution < 1.29 is 8.42 Å². The minimum absolute atomic E-state index is 0.121. The first-order valence-electron chi connectivity index (χ1n) is 11.7. The van der Waals surface area contributed by atoms with E-state index in [9.17, 15) is 8.42 Å². The number of hydrogen-bond donors (Lipinski definition) is 2. The van der Waals surface area contributed by atoms with Crippen molar-refractivity contribution >= 4 is 43.1 Å². The lowest BCUT2D eigenvalue weighted by Crippen LogP contribution is -2.24. The van der Waals surface area contributed by atoms with Gasteiger partial charge in [0, 0.05) is 47.9 Å². The number of aromatic nitrogens is 5. The Morgan fingerprint density at radius 1 is 0.944 bits per heavy atom. The molecule has 3 aromatic heterocycles. The van der Waals surface area contributed by atoms with E-state index >= 15 is 0 Å². The summed E-state index contributed by atoms with van der Waals surface area (Å²) in [7, 11) is -2.97. The highest BCUT2D eigenvalue weighted by molar-refractivity contribution is 7.90. The van der Waals surface area contributed by atoms with E-state index in [1.165, 1.54) is 18.1 Å². The number of pyridine rings is 1. The van der Waals surface area contributed by atoms with Gasteiger partial charge in [-0.15, -0.1) is 0 Å². The zero-order valence-corrected chi connectivity index (χ0v) is 20.7. The van der Waals surface area contributed by atoms with Crippen LogP contribution in [0.1, 0.15) is 11.3 Å². The van der Waals surface area contributed by atoms with Crippen molar-refractivity contribution in [3.8, 4) is 0 Å². The minimum atomic E-state index is -2.97. The van der Waals surface area contributed by atoms with Gasteiger partial charge in [0.25, 0.3) is 0 Å². The van der Waals surface area contributed by atoms with Crippen LogP contribution in [0.25, 0.3) is 21.8 Å². The van der Waals surface area contributed by atoms with Gasteiger partial charge in [-0.2, -0.15) is 5.10 Å². The summed E-state index contributed by atoms with van der Waals surface area (Å²) in [5.74, 6) is 0.819. The maximum absolute atomic E-state index is 11.3. The minimum Gasteiger partial charge on any atom is -0.340 e. The summed E-state index contributed by atoms with van der Waals surface area (Å²) in [6.07, 6.45) is 7.05. The molecule has 0 saturated carbocycles. The van der Waals surface area contributed by atoms with Crippen molar-refractivity contribution in [1.82, 2.24) is 30.0 Å². The van der Waals surface area contributed by atoms with Crippen LogP contribution >= 0.6 is 0 Å². The van der Waals surface area contributed by atoms with Crippen molar-refractivity contribution in [1.29, 1.82) is 0 Å².